The number of rotatable bonds is 8. The number of carbonyl (C=O) groups excluding carboxylic acids is 1. The van der Waals surface area contributed by atoms with Crippen molar-refractivity contribution in [2.45, 2.75) is 51.1 Å². The summed E-state index contributed by atoms with van der Waals surface area (Å²) in [4.78, 5) is 32.0. The SMILES string of the molecule is Cc1ccc(NC(=O)CSc2nc(=O)n(CCCN3CCOCC3)c3c2CCC3)cc1C. The van der Waals surface area contributed by atoms with Gasteiger partial charge in [-0.15, -0.1) is 0 Å². The van der Waals surface area contributed by atoms with Crippen LogP contribution in [-0.2, 0) is 28.9 Å². The third kappa shape index (κ3) is 5.60. The highest BCUT2D eigenvalue weighted by molar-refractivity contribution is 8.00. The molecule has 1 saturated heterocycles. The summed E-state index contributed by atoms with van der Waals surface area (Å²) in [5.74, 6) is 0.161. The van der Waals surface area contributed by atoms with Crippen molar-refractivity contribution in [3.05, 3.63) is 51.1 Å². The number of hydrogen-bond acceptors (Lipinski definition) is 6. The highest BCUT2D eigenvalue weighted by Crippen LogP contribution is 2.29. The first-order valence-corrected chi connectivity index (χ1v) is 12.4. The average Bonchev–Trinajstić information content (AvgIpc) is 3.27. The van der Waals surface area contributed by atoms with E-state index in [1.165, 1.54) is 17.3 Å². The van der Waals surface area contributed by atoms with Crippen molar-refractivity contribution >= 4 is 23.4 Å². The maximum atomic E-state index is 12.8. The molecule has 0 saturated carbocycles. The van der Waals surface area contributed by atoms with E-state index in [1.54, 1.807) is 0 Å². The van der Waals surface area contributed by atoms with E-state index in [0.29, 0.717) is 6.54 Å². The molecule has 0 atom stereocenters. The van der Waals surface area contributed by atoms with E-state index in [2.05, 4.69) is 15.2 Å². The van der Waals surface area contributed by atoms with Crippen LogP contribution in [0.3, 0.4) is 0 Å². The summed E-state index contributed by atoms with van der Waals surface area (Å²) in [7, 11) is 0. The standard InChI is InChI=1S/C24H32N4O3S/c1-17-7-8-19(15-18(17)2)25-22(29)16-32-23-20-5-3-6-21(20)28(24(30)26-23)10-4-9-27-11-13-31-14-12-27/h7-8,15H,3-6,9-14,16H2,1-2H3,(H,25,29). The van der Waals surface area contributed by atoms with Gasteiger partial charge in [-0.25, -0.2) is 4.79 Å². The van der Waals surface area contributed by atoms with Gasteiger partial charge in [-0.3, -0.25) is 14.3 Å². The number of aromatic nitrogens is 2. The Hall–Kier alpha value is -2.16. The lowest BCUT2D eigenvalue weighted by atomic mass is 10.1. The first-order chi connectivity index (χ1) is 15.5. The molecular formula is C24H32N4O3S. The second-order valence-electron chi connectivity index (χ2n) is 8.57. The molecule has 4 rings (SSSR count). The molecule has 7 nitrogen and oxygen atoms in total. The van der Waals surface area contributed by atoms with Gasteiger partial charge in [0.05, 0.1) is 19.0 Å². The zero-order valence-corrected chi connectivity index (χ0v) is 19.8. The Morgan fingerprint density at radius 2 is 1.97 bits per heavy atom. The van der Waals surface area contributed by atoms with E-state index in [4.69, 9.17) is 4.74 Å². The number of thioether (sulfide) groups is 1. The fraction of sp³-hybridized carbons (Fsp3) is 0.542. The normalized spacial score (nSPS) is 16.2. The Balaban J connectivity index is 1.37. The van der Waals surface area contributed by atoms with Crippen LogP contribution in [0.2, 0.25) is 0 Å². The number of nitrogens with one attached hydrogen (secondary N) is 1. The molecule has 0 spiro atoms. The van der Waals surface area contributed by atoms with Crippen LogP contribution in [0.15, 0.2) is 28.0 Å². The lowest BCUT2D eigenvalue weighted by Gasteiger charge is -2.26. The maximum Gasteiger partial charge on any atom is 0.348 e. The molecule has 172 valence electrons. The van der Waals surface area contributed by atoms with E-state index >= 15 is 0 Å². The predicted octanol–water partition coefficient (Wildman–Crippen LogP) is 2.80. The van der Waals surface area contributed by atoms with Crippen LogP contribution < -0.4 is 11.0 Å². The van der Waals surface area contributed by atoms with Crippen LogP contribution >= 0.6 is 11.8 Å². The summed E-state index contributed by atoms with van der Waals surface area (Å²) in [6, 6.07) is 5.90. The van der Waals surface area contributed by atoms with Gasteiger partial charge >= 0.3 is 5.69 Å². The molecule has 2 aromatic rings. The monoisotopic (exact) mass is 456 g/mol. The zero-order chi connectivity index (χ0) is 22.5. The highest BCUT2D eigenvalue weighted by atomic mass is 32.2. The van der Waals surface area contributed by atoms with Gasteiger partial charge in [0.25, 0.3) is 0 Å². The minimum atomic E-state index is -0.190. The van der Waals surface area contributed by atoms with Gasteiger partial charge in [-0.05, 0) is 62.8 Å². The van der Waals surface area contributed by atoms with Crippen molar-refractivity contribution in [3.8, 4) is 0 Å². The number of carbonyl (C=O) groups is 1. The molecule has 8 heteroatoms. The predicted molar refractivity (Wildman–Crippen MR) is 128 cm³/mol. The maximum absolute atomic E-state index is 12.8. The number of nitrogens with zero attached hydrogens (tertiary/aromatic N) is 3. The van der Waals surface area contributed by atoms with Gasteiger partial charge in [0.1, 0.15) is 5.03 Å². The Morgan fingerprint density at radius 1 is 1.16 bits per heavy atom. The molecule has 1 aromatic carbocycles. The van der Waals surface area contributed by atoms with Crippen LogP contribution in [0.4, 0.5) is 5.69 Å². The Labute approximate surface area is 193 Å². The molecule has 0 unspecified atom stereocenters. The Morgan fingerprint density at radius 3 is 2.75 bits per heavy atom. The minimum Gasteiger partial charge on any atom is -0.379 e. The van der Waals surface area contributed by atoms with Crippen molar-refractivity contribution in [2.24, 2.45) is 0 Å². The average molecular weight is 457 g/mol. The molecule has 0 radical (unpaired) electrons. The van der Waals surface area contributed by atoms with Crippen molar-refractivity contribution in [2.75, 3.05) is 43.9 Å². The van der Waals surface area contributed by atoms with Crippen molar-refractivity contribution in [1.29, 1.82) is 0 Å². The Bertz CT molecular complexity index is 1030. The van der Waals surface area contributed by atoms with Gasteiger partial charge in [-0.2, -0.15) is 4.98 Å². The van der Waals surface area contributed by atoms with E-state index in [1.807, 2.05) is 36.6 Å². The molecule has 2 heterocycles. The molecule has 2 aliphatic rings. The summed E-state index contributed by atoms with van der Waals surface area (Å²) >= 11 is 1.37. The first kappa shape index (κ1) is 23.0. The highest BCUT2D eigenvalue weighted by Gasteiger charge is 2.22. The third-order valence-electron chi connectivity index (χ3n) is 6.29. The smallest absolute Gasteiger partial charge is 0.348 e. The molecular weight excluding hydrogens is 424 g/mol. The second kappa shape index (κ2) is 10.6. The topological polar surface area (TPSA) is 76.5 Å². The molecule has 1 N–H and O–H groups in total. The van der Waals surface area contributed by atoms with Gasteiger partial charge in [0, 0.05) is 43.1 Å². The largest absolute Gasteiger partial charge is 0.379 e. The number of ether oxygens (including phenoxy) is 1. The van der Waals surface area contributed by atoms with Crippen molar-refractivity contribution in [3.63, 3.8) is 0 Å². The number of morpholine rings is 1. The Kier molecular flexibility index (Phi) is 7.65. The molecule has 32 heavy (non-hydrogen) atoms. The molecule has 1 fully saturated rings. The van der Waals surface area contributed by atoms with Crippen molar-refractivity contribution < 1.29 is 9.53 Å². The number of fused-ring (bicyclic) bond motifs is 1. The third-order valence-corrected chi connectivity index (χ3v) is 7.31. The van der Waals surface area contributed by atoms with Crippen LogP contribution in [0.1, 0.15) is 35.2 Å². The van der Waals surface area contributed by atoms with Gasteiger partial charge in [0.2, 0.25) is 5.91 Å². The van der Waals surface area contributed by atoms with Gasteiger partial charge in [0.15, 0.2) is 0 Å². The minimum absolute atomic E-state index is 0.0820. The molecule has 1 aliphatic heterocycles. The lowest BCUT2D eigenvalue weighted by Crippen LogP contribution is -2.37. The number of anilines is 1. The summed E-state index contributed by atoms with van der Waals surface area (Å²) in [6.07, 6.45) is 3.80. The first-order valence-electron chi connectivity index (χ1n) is 11.4. The second-order valence-corrected chi connectivity index (χ2v) is 9.54. The van der Waals surface area contributed by atoms with E-state index < -0.39 is 0 Å². The number of aryl methyl sites for hydroxylation is 2. The summed E-state index contributed by atoms with van der Waals surface area (Å²) in [5, 5.41) is 3.67. The van der Waals surface area contributed by atoms with Crippen LogP contribution in [-0.4, -0.2) is 59.0 Å². The number of hydrogen-bond donors (Lipinski definition) is 1. The van der Waals surface area contributed by atoms with Gasteiger partial charge < -0.3 is 10.1 Å². The summed E-state index contributed by atoms with van der Waals surface area (Å²) < 4.78 is 7.27. The van der Waals surface area contributed by atoms with E-state index in [9.17, 15) is 9.59 Å². The molecule has 1 aromatic heterocycles. The molecule has 0 bridgehead atoms. The number of amides is 1. The lowest BCUT2D eigenvalue weighted by molar-refractivity contribution is -0.113. The van der Waals surface area contributed by atoms with E-state index in [0.717, 1.165) is 86.1 Å². The zero-order valence-electron chi connectivity index (χ0n) is 19.0. The summed E-state index contributed by atoms with van der Waals surface area (Å²) in [6.45, 7) is 9.26. The number of benzene rings is 1. The quantitative estimate of drug-likeness (QED) is 0.486. The van der Waals surface area contributed by atoms with Crippen LogP contribution in [0.5, 0.6) is 0 Å². The summed E-state index contributed by atoms with van der Waals surface area (Å²) in [5.41, 5.74) is 5.22. The molecule has 1 aliphatic carbocycles. The fourth-order valence-electron chi connectivity index (χ4n) is 4.36. The van der Waals surface area contributed by atoms with Gasteiger partial charge in [-0.1, -0.05) is 17.8 Å². The van der Waals surface area contributed by atoms with E-state index in [-0.39, 0.29) is 17.3 Å². The van der Waals surface area contributed by atoms with Crippen LogP contribution in [0.25, 0.3) is 0 Å². The molecule has 1 amide bonds. The van der Waals surface area contributed by atoms with Crippen LogP contribution in [0, 0.1) is 13.8 Å². The van der Waals surface area contributed by atoms with Crippen molar-refractivity contribution in [1.82, 2.24) is 14.5 Å². The fourth-order valence-corrected chi connectivity index (χ4v) is 5.24.